The minimum atomic E-state index is 0. The quantitative estimate of drug-likeness (QED) is 0.925. The van der Waals surface area contributed by atoms with E-state index >= 15 is 0 Å². The third kappa shape index (κ3) is 2.75. The second-order valence-corrected chi connectivity index (χ2v) is 5.48. The van der Waals surface area contributed by atoms with E-state index in [2.05, 4.69) is 14.9 Å². The standard InChI is InChI=1S/C13H16N4O2S.ClH/c1-18-9-4-3-8-10(11(9)19-2)15-13(16-12(8)14)17-5-6-20-7-17;/h3-4H,5-7H2,1-2H3,(H2,14,15,16);1H. The van der Waals surface area contributed by atoms with E-state index in [1.54, 1.807) is 14.2 Å². The third-order valence-electron chi connectivity index (χ3n) is 3.26. The summed E-state index contributed by atoms with van der Waals surface area (Å²) in [4.78, 5) is 11.1. The van der Waals surface area contributed by atoms with Crippen molar-refractivity contribution in [2.24, 2.45) is 0 Å². The van der Waals surface area contributed by atoms with Crippen LogP contribution in [-0.4, -0.2) is 42.4 Å². The maximum Gasteiger partial charge on any atom is 0.228 e. The van der Waals surface area contributed by atoms with Gasteiger partial charge in [0.1, 0.15) is 11.3 Å². The molecule has 1 aliphatic rings. The molecule has 8 heteroatoms. The number of fused-ring (bicyclic) bond motifs is 1. The largest absolute Gasteiger partial charge is 0.493 e. The molecule has 1 aromatic carbocycles. The van der Waals surface area contributed by atoms with Crippen molar-refractivity contribution < 1.29 is 9.47 Å². The lowest BCUT2D eigenvalue weighted by Gasteiger charge is -2.17. The Morgan fingerprint density at radius 3 is 2.67 bits per heavy atom. The lowest BCUT2D eigenvalue weighted by Crippen LogP contribution is -2.21. The van der Waals surface area contributed by atoms with Gasteiger partial charge in [-0.2, -0.15) is 4.98 Å². The SMILES string of the molecule is COc1ccc2c(N)nc(N3CCSC3)nc2c1OC.Cl. The fourth-order valence-electron chi connectivity index (χ4n) is 2.23. The number of hydrogen-bond acceptors (Lipinski definition) is 7. The van der Waals surface area contributed by atoms with Gasteiger partial charge in [0.15, 0.2) is 11.5 Å². The van der Waals surface area contributed by atoms with Crippen molar-refractivity contribution >= 4 is 46.8 Å². The normalized spacial score (nSPS) is 14.1. The summed E-state index contributed by atoms with van der Waals surface area (Å²) in [6.45, 7) is 0.932. The van der Waals surface area contributed by atoms with Crippen LogP contribution < -0.4 is 20.1 Å². The maximum absolute atomic E-state index is 6.06. The van der Waals surface area contributed by atoms with Gasteiger partial charge in [0.2, 0.25) is 5.95 Å². The highest BCUT2D eigenvalue weighted by Crippen LogP contribution is 2.37. The fraction of sp³-hybridized carbons (Fsp3) is 0.385. The lowest BCUT2D eigenvalue weighted by molar-refractivity contribution is 0.358. The third-order valence-corrected chi connectivity index (χ3v) is 4.23. The highest BCUT2D eigenvalue weighted by molar-refractivity contribution is 7.99. The monoisotopic (exact) mass is 328 g/mol. The summed E-state index contributed by atoms with van der Waals surface area (Å²) >= 11 is 1.86. The zero-order valence-corrected chi connectivity index (χ0v) is 13.5. The van der Waals surface area contributed by atoms with E-state index in [1.165, 1.54) is 0 Å². The molecule has 0 unspecified atom stereocenters. The predicted molar refractivity (Wildman–Crippen MR) is 89.0 cm³/mol. The Morgan fingerprint density at radius 1 is 1.24 bits per heavy atom. The molecule has 1 saturated heterocycles. The number of halogens is 1. The number of hydrogen-bond donors (Lipinski definition) is 1. The van der Waals surface area contributed by atoms with Crippen LogP contribution >= 0.6 is 24.2 Å². The molecule has 0 bridgehead atoms. The number of methoxy groups -OCH3 is 2. The first kappa shape index (κ1) is 15.8. The molecular weight excluding hydrogens is 312 g/mol. The van der Waals surface area contributed by atoms with Gasteiger partial charge in [-0.3, -0.25) is 0 Å². The molecule has 21 heavy (non-hydrogen) atoms. The van der Waals surface area contributed by atoms with Crippen molar-refractivity contribution in [3.63, 3.8) is 0 Å². The second kappa shape index (κ2) is 6.44. The summed E-state index contributed by atoms with van der Waals surface area (Å²) in [5.41, 5.74) is 6.75. The first-order chi connectivity index (χ1) is 9.74. The fourth-order valence-corrected chi connectivity index (χ4v) is 3.18. The molecule has 2 heterocycles. The molecule has 0 radical (unpaired) electrons. The Labute approximate surface area is 133 Å². The molecule has 1 aromatic heterocycles. The van der Waals surface area contributed by atoms with E-state index in [0.717, 1.165) is 23.6 Å². The van der Waals surface area contributed by atoms with Crippen LogP contribution in [0.2, 0.25) is 0 Å². The molecule has 0 aliphatic carbocycles. The molecule has 0 spiro atoms. The molecular formula is C13H17ClN4O2S. The molecule has 0 atom stereocenters. The molecule has 0 amide bonds. The van der Waals surface area contributed by atoms with Crippen LogP contribution in [0, 0.1) is 0 Å². The van der Waals surface area contributed by atoms with Crippen LogP contribution in [0.1, 0.15) is 0 Å². The molecule has 1 fully saturated rings. The van der Waals surface area contributed by atoms with Gasteiger partial charge < -0.3 is 20.1 Å². The van der Waals surface area contributed by atoms with Crippen LogP contribution in [0.4, 0.5) is 11.8 Å². The Balaban J connectivity index is 0.00000161. The van der Waals surface area contributed by atoms with Crippen molar-refractivity contribution in [3.8, 4) is 11.5 Å². The summed E-state index contributed by atoms with van der Waals surface area (Å²) < 4.78 is 10.7. The maximum atomic E-state index is 6.06. The highest BCUT2D eigenvalue weighted by atomic mass is 35.5. The Morgan fingerprint density at radius 2 is 2.05 bits per heavy atom. The van der Waals surface area contributed by atoms with Gasteiger partial charge in [0.25, 0.3) is 0 Å². The van der Waals surface area contributed by atoms with Gasteiger partial charge in [-0.25, -0.2) is 4.98 Å². The number of nitrogen functional groups attached to an aromatic ring is 1. The summed E-state index contributed by atoms with van der Waals surface area (Å²) in [7, 11) is 3.20. The zero-order chi connectivity index (χ0) is 14.1. The van der Waals surface area contributed by atoms with Crippen LogP contribution in [0.5, 0.6) is 11.5 Å². The van der Waals surface area contributed by atoms with Crippen LogP contribution in [0.3, 0.4) is 0 Å². The Hall–Kier alpha value is -1.60. The summed E-state index contributed by atoms with van der Waals surface area (Å²) in [6, 6.07) is 3.67. The van der Waals surface area contributed by atoms with E-state index in [1.807, 2.05) is 23.9 Å². The number of rotatable bonds is 3. The Kier molecular flexibility index (Phi) is 4.84. The van der Waals surface area contributed by atoms with Crippen molar-refractivity contribution in [1.29, 1.82) is 0 Å². The van der Waals surface area contributed by atoms with Crippen LogP contribution in [-0.2, 0) is 0 Å². The first-order valence-electron chi connectivity index (χ1n) is 6.25. The average Bonchev–Trinajstić information content (AvgIpc) is 3.00. The van der Waals surface area contributed by atoms with E-state index < -0.39 is 0 Å². The van der Waals surface area contributed by atoms with Crippen LogP contribution in [0.15, 0.2) is 12.1 Å². The first-order valence-corrected chi connectivity index (χ1v) is 7.41. The van der Waals surface area contributed by atoms with Gasteiger partial charge in [0, 0.05) is 17.7 Å². The highest BCUT2D eigenvalue weighted by Gasteiger charge is 2.19. The van der Waals surface area contributed by atoms with Crippen molar-refractivity contribution in [1.82, 2.24) is 9.97 Å². The predicted octanol–water partition coefficient (Wildman–Crippen LogP) is 2.16. The summed E-state index contributed by atoms with van der Waals surface area (Å²) in [6.07, 6.45) is 0. The van der Waals surface area contributed by atoms with E-state index in [0.29, 0.717) is 28.8 Å². The van der Waals surface area contributed by atoms with Crippen molar-refractivity contribution in [3.05, 3.63) is 12.1 Å². The molecule has 2 N–H and O–H groups in total. The van der Waals surface area contributed by atoms with Gasteiger partial charge in [-0.05, 0) is 12.1 Å². The van der Waals surface area contributed by atoms with E-state index in [4.69, 9.17) is 15.2 Å². The number of aromatic nitrogens is 2. The number of anilines is 2. The lowest BCUT2D eigenvalue weighted by atomic mass is 10.2. The van der Waals surface area contributed by atoms with Gasteiger partial charge >= 0.3 is 0 Å². The molecule has 2 aromatic rings. The van der Waals surface area contributed by atoms with E-state index in [-0.39, 0.29) is 12.4 Å². The minimum absolute atomic E-state index is 0. The van der Waals surface area contributed by atoms with E-state index in [9.17, 15) is 0 Å². The zero-order valence-electron chi connectivity index (χ0n) is 11.8. The smallest absolute Gasteiger partial charge is 0.228 e. The Bertz CT molecular complexity index is 650. The molecule has 0 saturated carbocycles. The molecule has 114 valence electrons. The topological polar surface area (TPSA) is 73.5 Å². The number of nitrogens with two attached hydrogens (primary N) is 1. The van der Waals surface area contributed by atoms with Gasteiger partial charge in [-0.15, -0.1) is 24.2 Å². The molecule has 1 aliphatic heterocycles. The number of thioether (sulfide) groups is 1. The summed E-state index contributed by atoms with van der Waals surface area (Å²) in [5.74, 6) is 4.30. The average molecular weight is 329 g/mol. The number of ether oxygens (including phenoxy) is 2. The van der Waals surface area contributed by atoms with Crippen molar-refractivity contribution in [2.45, 2.75) is 0 Å². The van der Waals surface area contributed by atoms with Crippen LogP contribution in [0.25, 0.3) is 10.9 Å². The van der Waals surface area contributed by atoms with Crippen molar-refractivity contribution in [2.75, 3.05) is 43.0 Å². The van der Waals surface area contributed by atoms with Gasteiger partial charge in [-0.1, -0.05) is 0 Å². The molecule has 6 nitrogen and oxygen atoms in total. The number of benzene rings is 1. The number of nitrogens with zero attached hydrogens (tertiary/aromatic N) is 3. The minimum Gasteiger partial charge on any atom is -0.493 e. The summed E-state index contributed by atoms with van der Waals surface area (Å²) in [5, 5.41) is 0.776. The second-order valence-electron chi connectivity index (χ2n) is 4.41. The van der Waals surface area contributed by atoms with Gasteiger partial charge in [0.05, 0.1) is 20.1 Å². The molecule has 3 rings (SSSR count).